The monoisotopic (exact) mass is 553 g/mol. The molecule has 39 heavy (non-hydrogen) atoms. The van der Waals surface area contributed by atoms with Crippen LogP contribution in [0, 0.1) is 5.82 Å². The number of benzene rings is 1. The summed E-state index contributed by atoms with van der Waals surface area (Å²) in [6.07, 6.45) is -2.55. The summed E-state index contributed by atoms with van der Waals surface area (Å²) < 4.78 is 61.6. The summed E-state index contributed by atoms with van der Waals surface area (Å²) in [5, 5.41) is 8.39. The minimum absolute atomic E-state index is 0.0848. The van der Waals surface area contributed by atoms with E-state index in [1.54, 1.807) is 6.07 Å². The summed E-state index contributed by atoms with van der Waals surface area (Å²) in [4.78, 5) is 24.1. The highest BCUT2D eigenvalue weighted by Crippen LogP contribution is 2.35. The fourth-order valence-corrected chi connectivity index (χ4v) is 4.62. The van der Waals surface area contributed by atoms with Crippen molar-refractivity contribution in [2.45, 2.75) is 44.9 Å². The molecule has 0 radical (unpaired) electrons. The molecule has 1 atom stereocenters. The number of ether oxygens (including phenoxy) is 1. The van der Waals surface area contributed by atoms with Crippen LogP contribution in [0.5, 0.6) is 0 Å². The molecule has 4 rings (SSSR count). The molecule has 2 fully saturated rings. The van der Waals surface area contributed by atoms with E-state index in [1.807, 2.05) is 18.9 Å². The van der Waals surface area contributed by atoms with Gasteiger partial charge >= 0.3 is 6.18 Å². The molecule has 3 N–H and O–H groups in total. The standard InChI is InChI=1S/C26H35F4N7O2/c1-3-17-14-21(37-11-9-36(2)10-12-37)19(27)15-20(17)34-25-33-16-18(26(28,29)30)23(35-25)31-7-4-6-22-24(38)32-8-5-13-39-22/h14-16,22H,3-13H2,1-2H3,(H,32,38)(H2,31,33,34,35). The van der Waals surface area contributed by atoms with E-state index in [0.29, 0.717) is 69.5 Å². The Hall–Kier alpha value is -3.19. The van der Waals surface area contributed by atoms with Crippen molar-refractivity contribution >= 4 is 29.0 Å². The van der Waals surface area contributed by atoms with E-state index in [9.17, 15) is 18.0 Å². The zero-order valence-corrected chi connectivity index (χ0v) is 22.2. The number of hydrogen-bond donors (Lipinski definition) is 3. The normalized spacial score (nSPS) is 19.0. The molecule has 2 saturated heterocycles. The van der Waals surface area contributed by atoms with E-state index in [-0.39, 0.29) is 24.2 Å². The average molecular weight is 554 g/mol. The van der Waals surface area contributed by atoms with E-state index in [2.05, 4.69) is 30.8 Å². The van der Waals surface area contributed by atoms with E-state index in [4.69, 9.17) is 4.74 Å². The lowest BCUT2D eigenvalue weighted by atomic mass is 10.1. The zero-order valence-electron chi connectivity index (χ0n) is 22.2. The maximum atomic E-state index is 15.1. The van der Waals surface area contributed by atoms with Gasteiger partial charge in [-0.1, -0.05) is 6.92 Å². The van der Waals surface area contributed by atoms with Crippen LogP contribution in [0.2, 0.25) is 0 Å². The molecule has 0 bridgehead atoms. The fraction of sp³-hybridized carbons (Fsp3) is 0.577. The predicted molar refractivity (Wildman–Crippen MR) is 141 cm³/mol. The summed E-state index contributed by atoms with van der Waals surface area (Å²) in [5.74, 6) is -1.11. The third-order valence-corrected chi connectivity index (χ3v) is 6.91. The van der Waals surface area contributed by atoms with Crippen molar-refractivity contribution in [2.75, 3.05) is 68.5 Å². The minimum Gasteiger partial charge on any atom is -0.369 e. The van der Waals surface area contributed by atoms with Crippen molar-refractivity contribution in [1.82, 2.24) is 20.2 Å². The lowest BCUT2D eigenvalue weighted by Gasteiger charge is -2.34. The van der Waals surface area contributed by atoms with Crippen LogP contribution in [0.3, 0.4) is 0 Å². The van der Waals surface area contributed by atoms with E-state index in [1.165, 1.54) is 6.07 Å². The number of likely N-dealkylation sites (N-methyl/N-ethyl adjacent to an activating group) is 1. The number of amides is 1. The SMILES string of the molecule is CCc1cc(N2CCN(C)CC2)c(F)cc1Nc1ncc(C(F)(F)F)c(NCCCC2OCCCNC2=O)n1. The second-order valence-corrected chi connectivity index (χ2v) is 9.76. The van der Waals surface area contributed by atoms with Crippen LogP contribution >= 0.6 is 0 Å². The molecule has 1 amide bonds. The topological polar surface area (TPSA) is 94.6 Å². The van der Waals surface area contributed by atoms with E-state index in [0.717, 1.165) is 18.7 Å². The second kappa shape index (κ2) is 12.8. The van der Waals surface area contributed by atoms with Gasteiger partial charge in [-0.05, 0) is 50.4 Å². The molecule has 3 heterocycles. The lowest BCUT2D eigenvalue weighted by Crippen LogP contribution is -2.44. The number of nitrogens with one attached hydrogen (secondary N) is 3. The van der Waals surface area contributed by atoms with Crippen molar-refractivity contribution in [3.8, 4) is 0 Å². The largest absolute Gasteiger partial charge is 0.421 e. The molecule has 2 aromatic rings. The van der Waals surface area contributed by atoms with Crippen molar-refractivity contribution in [2.24, 2.45) is 0 Å². The maximum absolute atomic E-state index is 15.1. The quantitative estimate of drug-likeness (QED) is 0.319. The Morgan fingerprint density at radius 3 is 2.69 bits per heavy atom. The highest BCUT2D eigenvalue weighted by atomic mass is 19.4. The minimum atomic E-state index is -4.67. The number of anilines is 4. The van der Waals surface area contributed by atoms with Crippen molar-refractivity contribution in [1.29, 1.82) is 0 Å². The molecule has 0 saturated carbocycles. The van der Waals surface area contributed by atoms with Crippen molar-refractivity contribution in [3.63, 3.8) is 0 Å². The number of halogens is 4. The summed E-state index contributed by atoms with van der Waals surface area (Å²) in [5.41, 5.74) is 0.691. The van der Waals surface area contributed by atoms with Crippen LogP contribution < -0.4 is 20.9 Å². The highest BCUT2D eigenvalue weighted by molar-refractivity contribution is 5.80. The zero-order chi connectivity index (χ0) is 28.0. The first-order valence-electron chi connectivity index (χ1n) is 13.3. The van der Waals surface area contributed by atoms with Gasteiger partial charge in [-0.3, -0.25) is 4.79 Å². The molecular weight excluding hydrogens is 518 g/mol. The van der Waals surface area contributed by atoms with Gasteiger partial charge in [0.15, 0.2) is 0 Å². The summed E-state index contributed by atoms with van der Waals surface area (Å²) in [6.45, 7) is 6.13. The molecule has 2 aliphatic rings. The molecule has 9 nitrogen and oxygen atoms in total. The average Bonchev–Trinajstić information content (AvgIpc) is 3.10. The predicted octanol–water partition coefficient (Wildman–Crippen LogP) is 3.79. The summed E-state index contributed by atoms with van der Waals surface area (Å²) in [6, 6.07) is 3.12. The Bertz CT molecular complexity index is 1140. The Morgan fingerprint density at radius 1 is 1.21 bits per heavy atom. The maximum Gasteiger partial charge on any atom is 0.421 e. The summed E-state index contributed by atoms with van der Waals surface area (Å²) in [7, 11) is 2.02. The van der Waals surface area contributed by atoms with Gasteiger partial charge in [-0.2, -0.15) is 18.2 Å². The molecule has 0 spiro atoms. The number of hydrogen-bond acceptors (Lipinski definition) is 8. The molecule has 1 unspecified atom stereocenters. The number of alkyl halides is 3. The Morgan fingerprint density at radius 2 is 1.97 bits per heavy atom. The first-order chi connectivity index (χ1) is 18.7. The number of nitrogens with zero attached hydrogens (tertiary/aromatic N) is 4. The van der Waals surface area contributed by atoms with Crippen LogP contribution in [-0.2, 0) is 22.1 Å². The number of piperazine rings is 1. The highest BCUT2D eigenvalue weighted by Gasteiger charge is 2.35. The first-order valence-corrected chi connectivity index (χ1v) is 13.3. The van der Waals surface area contributed by atoms with Gasteiger partial charge < -0.3 is 30.5 Å². The molecule has 214 valence electrons. The Balaban J connectivity index is 1.47. The third-order valence-electron chi connectivity index (χ3n) is 6.91. The lowest BCUT2D eigenvalue weighted by molar-refractivity contribution is -0.137. The van der Waals surface area contributed by atoms with Gasteiger partial charge in [0.1, 0.15) is 23.3 Å². The molecule has 1 aromatic carbocycles. The Kier molecular flexibility index (Phi) is 9.44. The molecular formula is C26H35F4N7O2. The van der Waals surface area contributed by atoms with Crippen LogP contribution in [-0.4, -0.2) is 79.8 Å². The fourth-order valence-electron chi connectivity index (χ4n) is 4.62. The Labute approximate surface area is 225 Å². The first kappa shape index (κ1) is 28.8. The molecule has 1 aromatic heterocycles. The van der Waals surface area contributed by atoms with Crippen LogP contribution in [0.4, 0.5) is 40.7 Å². The van der Waals surface area contributed by atoms with Gasteiger partial charge in [0.05, 0.1) is 5.69 Å². The van der Waals surface area contributed by atoms with Crippen LogP contribution in [0.15, 0.2) is 18.3 Å². The number of aromatic nitrogens is 2. The van der Waals surface area contributed by atoms with Gasteiger partial charge in [-0.25, -0.2) is 9.37 Å². The van der Waals surface area contributed by atoms with Crippen LogP contribution in [0.25, 0.3) is 0 Å². The number of carbonyl (C=O) groups is 1. The smallest absolute Gasteiger partial charge is 0.369 e. The number of rotatable bonds is 9. The van der Waals surface area contributed by atoms with E-state index < -0.39 is 23.7 Å². The van der Waals surface area contributed by atoms with Crippen molar-refractivity contribution < 1.29 is 27.1 Å². The number of carbonyl (C=O) groups excluding carboxylic acids is 1. The molecule has 2 aliphatic heterocycles. The second-order valence-electron chi connectivity index (χ2n) is 9.76. The van der Waals surface area contributed by atoms with Gasteiger partial charge in [0, 0.05) is 57.8 Å². The number of aryl methyl sites for hydroxylation is 1. The molecule has 0 aliphatic carbocycles. The summed E-state index contributed by atoms with van der Waals surface area (Å²) >= 11 is 0. The van der Waals surface area contributed by atoms with Gasteiger partial charge in [0.2, 0.25) is 11.9 Å². The van der Waals surface area contributed by atoms with Gasteiger partial charge in [-0.15, -0.1) is 0 Å². The van der Waals surface area contributed by atoms with Gasteiger partial charge in [0.25, 0.3) is 0 Å². The van der Waals surface area contributed by atoms with Crippen molar-refractivity contribution in [3.05, 3.63) is 35.3 Å². The van der Waals surface area contributed by atoms with E-state index >= 15 is 4.39 Å². The molecule has 13 heteroatoms. The third kappa shape index (κ3) is 7.47. The van der Waals surface area contributed by atoms with Crippen LogP contribution in [0.1, 0.15) is 37.3 Å².